The molecule has 186 valence electrons. The standard InChI is InChI=1S/C22H30N4O6S2/c1-15(2)25-33(29,30)19-9-5-17(6-10-19)23-21(27)13-14-22(28)24-18-7-11-20(12-8-18)34(31,32)26-16(3)4/h5-12,15-16,25-26H,13-14H2,1-4H3,(H,23,27)(H,24,28). The van der Waals surface area contributed by atoms with E-state index in [0.717, 1.165) is 0 Å². The van der Waals surface area contributed by atoms with Crippen molar-refractivity contribution in [1.29, 1.82) is 0 Å². The molecule has 0 unspecified atom stereocenters. The number of hydrogen-bond donors (Lipinski definition) is 4. The van der Waals surface area contributed by atoms with Crippen LogP contribution in [0.1, 0.15) is 40.5 Å². The third kappa shape index (κ3) is 8.52. The second-order valence-electron chi connectivity index (χ2n) is 8.20. The minimum atomic E-state index is -3.63. The quantitative estimate of drug-likeness (QED) is 0.365. The monoisotopic (exact) mass is 510 g/mol. The van der Waals surface area contributed by atoms with Gasteiger partial charge in [-0.2, -0.15) is 0 Å². The maximum Gasteiger partial charge on any atom is 0.240 e. The van der Waals surface area contributed by atoms with Crippen LogP contribution in [-0.2, 0) is 29.6 Å². The van der Waals surface area contributed by atoms with Crippen LogP contribution in [0, 0.1) is 0 Å². The Labute approximate surface area is 200 Å². The minimum Gasteiger partial charge on any atom is -0.326 e. The van der Waals surface area contributed by atoms with Gasteiger partial charge in [-0.25, -0.2) is 26.3 Å². The summed E-state index contributed by atoms with van der Waals surface area (Å²) in [6, 6.07) is 10.9. The van der Waals surface area contributed by atoms with Gasteiger partial charge in [0.1, 0.15) is 0 Å². The second-order valence-corrected chi connectivity index (χ2v) is 11.6. The van der Waals surface area contributed by atoms with E-state index in [9.17, 15) is 26.4 Å². The molecule has 2 rings (SSSR count). The first kappa shape index (κ1) is 27.4. The molecule has 0 aliphatic carbocycles. The Balaban J connectivity index is 1.86. The molecule has 0 aliphatic heterocycles. The van der Waals surface area contributed by atoms with Gasteiger partial charge in [0.05, 0.1) is 9.79 Å². The van der Waals surface area contributed by atoms with Crippen molar-refractivity contribution in [3.8, 4) is 0 Å². The number of benzene rings is 2. The Bertz CT molecular complexity index is 1110. The topological polar surface area (TPSA) is 151 Å². The lowest BCUT2D eigenvalue weighted by molar-refractivity contribution is -0.121. The third-order valence-corrected chi connectivity index (χ3v) is 7.61. The van der Waals surface area contributed by atoms with Crippen molar-refractivity contribution in [3.63, 3.8) is 0 Å². The predicted octanol–water partition coefficient (Wildman–Crippen LogP) is 2.42. The van der Waals surface area contributed by atoms with Crippen LogP contribution in [0.2, 0.25) is 0 Å². The molecule has 0 atom stereocenters. The number of amides is 2. The number of nitrogens with one attached hydrogen (secondary N) is 4. The van der Waals surface area contributed by atoms with Crippen LogP contribution in [0.15, 0.2) is 58.3 Å². The Morgan fingerprint density at radius 2 is 0.912 bits per heavy atom. The van der Waals surface area contributed by atoms with E-state index in [0.29, 0.717) is 11.4 Å². The Morgan fingerprint density at radius 3 is 1.18 bits per heavy atom. The van der Waals surface area contributed by atoms with E-state index in [4.69, 9.17) is 0 Å². The lowest BCUT2D eigenvalue weighted by atomic mass is 10.2. The molecular formula is C22H30N4O6S2. The molecule has 34 heavy (non-hydrogen) atoms. The van der Waals surface area contributed by atoms with Gasteiger partial charge in [0.25, 0.3) is 0 Å². The van der Waals surface area contributed by atoms with Crippen molar-refractivity contribution in [1.82, 2.24) is 9.44 Å². The van der Waals surface area contributed by atoms with E-state index in [-0.39, 0.29) is 34.7 Å². The summed E-state index contributed by atoms with van der Waals surface area (Å²) in [5.41, 5.74) is 0.807. The largest absolute Gasteiger partial charge is 0.326 e. The summed E-state index contributed by atoms with van der Waals surface area (Å²) in [6.45, 7) is 6.86. The van der Waals surface area contributed by atoms with Gasteiger partial charge in [-0.1, -0.05) is 0 Å². The van der Waals surface area contributed by atoms with Crippen LogP contribution in [0.3, 0.4) is 0 Å². The number of sulfonamides is 2. The lowest BCUT2D eigenvalue weighted by Crippen LogP contribution is -2.30. The first-order valence-corrected chi connectivity index (χ1v) is 13.6. The zero-order valence-corrected chi connectivity index (χ0v) is 21.1. The number of rotatable bonds is 11. The van der Waals surface area contributed by atoms with E-state index >= 15 is 0 Å². The molecule has 2 aromatic carbocycles. The second kappa shape index (κ2) is 11.6. The number of carbonyl (C=O) groups is 2. The minimum absolute atomic E-state index is 0.0809. The van der Waals surface area contributed by atoms with Gasteiger partial charge < -0.3 is 10.6 Å². The fourth-order valence-corrected chi connectivity index (χ4v) is 5.37. The molecule has 0 bridgehead atoms. The molecule has 0 spiro atoms. The number of hydrogen-bond acceptors (Lipinski definition) is 6. The molecule has 4 N–H and O–H groups in total. The molecule has 0 saturated carbocycles. The van der Waals surface area contributed by atoms with Crippen LogP contribution >= 0.6 is 0 Å². The molecule has 0 aromatic heterocycles. The van der Waals surface area contributed by atoms with Gasteiger partial charge in [-0.05, 0) is 76.2 Å². The summed E-state index contributed by atoms with van der Waals surface area (Å²) in [5.74, 6) is -0.820. The maximum absolute atomic E-state index is 12.1. The highest BCUT2D eigenvalue weighted by Gasteiger charge is 2.16. The Morgan fingerprint density at radius 1 is 0.618 bits per heavy atom. The van der Waals surface area contributed by atoms with Crippen LogP contribution in [-0.4, -0.2) is 40.7 Å². The van der Waals surface area contributed by atoms with Crippen molar-refractivity contribution < 1.29 is 26.4 Å². The zero-order chi connectivity index (χ0) is 25.5. The summed E-state index contributed by atoms with van der Waals surface area (Å²) in [7, 11) is -7.25. The normalized spacial score (nSPS) is 12.1. The summed E-state index contributed by atoms with van der Waals surface area (Å²) in [4.78, 5) is 24.5. The lowest BCUT2D eigenvalue weighted by Gasteiger charge is -2.11. The molecule has 2 amide bonds. The maximum atomic E-state index is 12.1. The number of carbonyl (C=O) groups excluding carboxylic acids is 2. The summed E-state index contributed by atoms with van der Waals surface area (Å²) < 4.78 is 53.5. The fraction of sp³-hybridized carbons (Fsp3) is 0.364. The highest BCUT2D eigenvalue weighted by atomic mass is 32.2. The zero-order valence-electron chi connectivity index (χ0n) is 19.5. The van der Waals surface area contributed by atoms with Crippen molar-refractivity contribution in [2.75, 3.05) is 10.6 Å². The Hall–Kier alpha value is -2.80. The highest BCUT2D eigenvalue weighted by Crippen LogP contribution is 2.16. The van der Waals surface area contributed by atoms with Crippen LogP contribution in [0.5, 0.6) is 0 Å². The molecule has 0 fully saturated rings. The molecule has 0 saturated heterocycles. The van der Waals surface area contributed by atoms with Crippen molar-refractivity contribution in [2.24, 2.45) is 0 Å². The van der Waals surface area contributed by atoms with Crippen LogP contribution in [0.25, 0.3) is 0 Å². The SMILES string of the molecule is CC(C)NS(=O)(=O)c1ccc(NC(=O)CCC(=O)Nc2ccc(S(=O)(=O)NC(C)C)cc2)cc1. The smallest absolute Gasteiger partial charge is 0.240 e. The molecule has 0 radical (unpaired) electrons. The predicted molar refractivity (Wildman–Crippen MR) is 130 cm³/mol. The van der Waals surface area contributed by atoms with Gasteiger partial charge in [0.15, 0.2) is 0 Å². The van der Waals surface area contributed by atoms with Crippen molar-refractivity contribution >= 4 is 43.2 Å². The molecular weight excluding hydrogens is 480 g/mol. The summed E-state index contributed by atoms with van der Waals surface area (Å²) in [6.07, 6.45) is -0.183. The third-order valence-electron chi connectivity index (χ3n) is 4.26. The van der Waals surface area contributed by atoms with Gasteiger partial charge >= 0.3 is 0 Å². The Kier molecular flexibility index (Phi) is 9.33. The molecule has 10 nitrogen and oxygen atoms in total. The first-order chi connectivity index (χ1) is 15.8. The van der Waals surface area contributed by atoms with E-state index < -0.39 is 31.9 Å². The molecule has 0 aliphatic rings. The van der Waals surface area contributed by atoms with Gasteiger partial charge in [0.2, 0.25) is 31.9 Å². The average Bonchev–Trinajstić information content (AvgIpc) is 2.71. The first-order valence-electron chi connectivity index (χ1n) is 10.6. The number of anilines is 2. The average molecular weight is 511 g/mol. The van der Waals surface area contributed by atoms with Crippen molar-refractivity contribution in [3.05, 3.63) is 48.5 Å². The molecule has 2 aromatic rings. The highest BCUT2D eigenvalue weighted by molar-refractivity contribution is 7.89. The van der Waals surface area contributed by atoms with Gasteiger partial charge in [-0.3, -0.25) is 9.59 Å². The molecule has 0 heterocycles. The van der Waals surface area contributed by atoms with Crippen LogP contribution < -0.4 is 20.1 Å². The van der Waals surface area contributed by atoms with Crippen LogP contribution in [0.4, 0.5) is 11.4 Å². The van der Waals surface area contributed by atoms with E-state index in [1.54, 1.807) is 27.7 Å². The van der Waals surface area contributed by atoms with Gasteiger partial charge in [0, 0.05) is 36.3 Å². The van der Waals surface area contributed by atoms with Crippen molar-refractivity contribution in [2.45, 2.75) is 62.4 Å². The molecule has 12 heteroatoms. The fourth-order valence-electron chi connectivity index (χ4n) is 2.87. The van der Waals surface area contributed by atoms with E-state index in [2.05, 4.69) is 20.1 Å². The van der Waals surface area contributed by atoms with Gasteiger partial charge in [-0.15, -0.1) is 0 Å². The van der Waals surface area contributed by atoms with E-state index in [1.165, 1.54) is 48.5 Å². The summed E-state index contributed by atoms with van der Waals surface area (Å²) in [5, 5.41) is 5.22. The van der Waals surface area contributed by atoms with E-state index in [1.807, 2.05) is 0 Å². The summed E-state index contributed by atoms with van der Waals surface area (Å²) >= 11 is 0.